The second-order valence-electron chi connectivity index (χ2n) is 5.89. The van der Waals surface area contributed by atoms with E-state index >= 15 is 0 Å². The van der Waals surface area contributed by atoms with Gasteiger partial charge < -0.3 is 15.0 Å². The Hall–Kier alpha value is -3.23. The van der Waals surface area contributed by atoms with Crippen LogP contribution in [0.1, 0.15) is 29.6 Å². The van der Waals surface area contributed by atoms with Crippen LogP contribution in [0.5, 0.6) is 0 Å². The predicted molar refractivity (Wildman–Crippen MR) is 86.4 cm³/mol. The molecule has 9 heteroatoms. The summed E-state index contributed by atoms with van der Waals surface area (Å²) in [6.45, 7) is 0. The minimum Gasteiger partial charge on any atom is -0.481 e. The molecule has 1 heterocycles. The Balaban J connectivity index is 1.85. The highest BCUT2D eigenvalue weighted by molar-refractivity contribution is 5.95. The molecule has 1 aromatic heterocycles. The molecule has 9 nitrogen and oxygen atoms in total. The van der Waals surface area contributed by atoms with Crippen molar-refractivity contribution in [2.75, 3.05) is 0 Å². The van der Waals surface area contributed by atoms with Crippen molar-refractivity contribution in [1.29, 1.82) is 0 Å². The highest BCUT2D eigenvalue weighted by Gasteiger charge is 2.34. The first-order valence-corrected chi connectivity index (χ1v) is 7.78. The van der Waals surface area contributed by atoms with Gasteiger partial charge in [-0.15, -0.1) is 0 Å². The first-order chi connectivity index (χ1) is 12.0. The zero-order chi connectivity index (χ0) is 18.0. The third-order valence-electron chi connectivity index (χ3n) is 4.37. The minimum absolute atomic E-state index is 0.117. The van der Waals surface area contributed by atoms with Gasteiger partial charge in [0.15, 0.2) is 0 Å². The highest BCUT2D eigenvalue weighted by atomic mass is 16.6. The molecular formula is C16H16N4O5. The minimum atomic E-state index is -0.941. The van der Waals surface area contributed by atoms with Gasteiger partial charge in [0.2, 0.25) is 0 Å². The van der Waals surface area contributed by atoms with E-state index in [0.29, 0.717) is 18.5 Å². The van der Waals surface area contributed by atoms with Gasteiger partial charge in [-0.1, -0.05) is 6.42 Å². The van der Waals surface area contributed by atoms with Crippen LogP contribution in [-0.4, -0.2) is 37.5 Å². The van der Waals surface area contributed by atoms with Crippen LogP contribution in [0.25, 0.3) is 5.69 Å². The van der Waals surface area contributed by atoms with Crippen LogP contribution in [0.15, 0.2) is 36.9 Å². The molecule has 0 radical (unpaired) electrons. The Morgan fingerprint density at radius 1 is 1.36 bits per heavy atom. The molecule has 0 unspecified atom stereocenters. The number of carbonyl (C=O) groups is 2. The quantitative estimate of drug-likeness (QED) is 0.628. The molecular weight excluding hydrogens is 328 g/mol. The molecule has 25 heavy (non-hydrogen) atoms. The number of carbonyl (C=O) groups excluding carboxylic acids is 1. The molecule has 1 fully saturated rings. The molecule has 1 aliphatic carbocycles. The van der Waals surface area contributed by atoms with Gasteiger partial charge in [-0.3, -0.25) is 19.7 Å². The van der Waals surface area contributed by atoms with Crippen molar-refractivity contribution in [1.82, 2.24) is 14.9 Å². The lowest BCUT2D eigenvalue weighted by Gasteiger charge is -2.17. The van der Waals surface area contributed by atoms with Gasteiger partial charge in [-0.05, 0) is 25.0 Å². The Bertz CT molecular complexity index is 818. The van der Waals surface area contributed by atoms with E-state index in [-0.39, 0.29) is 11.3 Å². The molecule has 1 amide bonds. The lowest BCUT2D eigenvalue weighted by atomic mass is 10.0. The standard InChI is InChI=1S/C16H16N4O5/c21-15(18-12-3-1-2-11(12)16(22)23)10-4-5-13(14(8-10)20(24)25)19-7-6-17-9-19/h4-9,11-12H,1-3H2,(H,18,21)(H,22,23)/t11-,12+/m1/s1. The van der Waals surface area contributed by atoms with Crippen LogP contribution in [-0.2, 0) is 4.79 Å². The zero-order valence-corrected chi connectivity index (χ0v) is 13.2. The van der Waals surface area contributed by atoms with E-state index in [0.717, 1.165) is 6.42 Å². The summed E-state index contributed by atoms with van der Waals surface area (Å²) in [6.07, 6.45) is 6.31. The fraction of sp³-hybridized carbons (Fsp3) is 0.312. The Kier molecular flexibility index (Phi) is 4.46. The predicted octanol–water partition coefficient (Wildman–Crippen LogP) is 1.76. The van der Waals surface area contributed by atoms with E-state index in [1.807, 2.05) is 0 Å². The Morgan fingerprint density at radius 2 is 2.16 bits per heavy atom. The van der Waals surface area contributed by atoms with Crippen molar-refractivity contribution in [3.8, 4) is 5.69 Å². The van der Waals surface area contributed by atoms with E-state index in [1.54, 1.807) is 6.20 Å². The number of hydrogen-bond donors (Lipinski definition) is 2. The number of carboxylic acid groups (broad SMARTS) is 1. The van der Waals surface area contributed by atoms with Crippen LogP contribution in [0.4, 0.5) is 5.69 Å². The molecule has 1 aliphatic rings. The van der Waals surface area contributed by atoms with Gasteiger partial charge in [0.25, 0.3) is 11.6 Å². The number of nitro groups is 1. The van der Waals surface area contributed by atoms with Crippen LogP contribution in [0.3, 0.4) is 0 Å². The van der Waals surface area contributed by atoms with Gasteiger partial charge >= 0.3 is 5.97 Å². The summed E-state index contributed by atoms with van der Waals surface area (Å²) in [5.41, 5.74) is 0.182. The number of amides is 1. The number of nitrogens with zero attached hydrogens (tertiary/aromatic N) is 3. The van der Waals surface area contributed by atoms with Gasteiger partial charge in [0.05, 0.1) is 17.2 Å². The Morgan fingerprint density at radius 3 is 2.80 bits per heavy atom. The molecule has 1 saturated carbocycles. The fourth-order valence-corrected chi connectivity index (χ4v) is 3.11. The molecule has 130 valence electrons. The van der Waals surface area contributed by atoms with Crippen LogP contribution in [0, 0.1) is 16.0 Å². The number of carboxylic acids is 1. The van der Waals surface area contributed by atoms with Gasteiger partial charge in [0.1, 0.15) is 5.69 Å². The first kappa shape index (κ1) is 16.6. The van der Waals surface area contributed by atoms with Crippen molar-refractivity contribution >= 4 is 17.6 Å². The van der Waals surface area contributed by atoms with E-state index in [2.05, 4.69) is 10.3 Å². The lowest BCUT2D eigenvalue weighted by molar-refractivity contribution is -0.384. The number of aromatic nitrogens is 2. The maximum atomic E-state index is 12.4. The molecule has 1 aromatic carbocycles. The molecule has 3 rings (SSSR count). The second kappa shape index (κ2) is 6.71. The van der Waals surface area contributed by atoms with Gasteiger partial charge in [-0.2, -0.15) is 0 Å². The monoisotopic (exact) mass is 344 g/mol. The summed E-state index contributed by atoms with van der Waals surface area (Å²) < 4.78 is 1.48. The lowest BCUT2D eigenvalue weighted by Crippen LogP contribution is -2.40. The molecule has 0 bridgehead atoms. The van der Waals surface area contributed by atoms with E-state index < -0.39 is 28.8 Å². The topological polar surface area (TPSA) is 127 Å². The summed E-state index contributed by atoms with van der Waals surface area (Å²) in [6, 6.07) is 3.67. The van der Waals surface area contributed by atoms with Crippen LogP contribution < -0.4 is 5.32 Å². The summed E-state index contributed by atoms with van der Waals surface area (Å²) in [5.74, 6) is -2.08. The first-order valence-electron chi connectivity index (χ1n) is 7.78. The van der Waals surface area contributed by atoms with Crippen molar-refractivity contribution in [2.45, 2.75) is 25.3 Å². The Labute approximate surface area is 142 Å². The number of hydrogen-bond acceptors (Lipinski definition) is 5. The fourth-order valence-electron chi connectivity index (χ4n) is 3.11. The van der Waals surface area contributed by atoms with Crippen molar-refractivity contribution in [2.24, 2.45) is 5.92 Å². The second-order valence-corrected chi connectivity index (χ2v) is 5.89. The number of nitro benzene ring substituents is 1. The largest absolute Gasteiger partial charge is 0.481 e. The number of nitrogens with one attached hydrogen (secondary N) is 1. The SMILES string of the molecule is O=C(N[C@H]1CCC[C@H]1C(=O)O)c1ccc(-n2ccnc2)c([N+](=O)[O-])c1. The van der Waals surface area contributed by atoms with Crippen LogP contribution in [0.2, 0.25) is 0 Å². The number of aliphatic carboxylic acids is 1. The van der Waals surface area contributed by atoms with Gasteiger partial charge in [-0.25, -0.2) is 4.98 Å². The molecule has 0 spiro atoms. The number of rotatable bonds is 5. The maximum absolute atomic E-state index is 12.4. The molecule has 2 N–H and O–H groups in total. The molecule has 0 saturated heterocycles. The van der Waals surface area contributed by atoms with Crippen molar-refractivity contribution in [3.63, 3.8) is 0 Å². The third kappa shape index (κ3) is 3.35. The maximum Gasteiger partial charge on any atom is 0.308 e. The number of benzene rings is 1. The third-order valence-corrected chi connectivity index (χ3v) is 4.37. The smallest absolute Gasteiger partial charge is 0.308 e. The van der Waals surface area contributed by atoms with E-state index in [4.69, 9.17) is 0 Å². The summed E-state index contributed by atoms with van der Waals surface area (Å²) in [4.78, 5) is 38.2. The highest BCUT2D eigenvalue weighted by Crippen LogP contribution is 2.27. The van der Waals surface area contributed by atoms with E-state index in [9.17, 15) is 24.8 Å². The van der Waals surface area contributed by atoms with Crippen molar-refractivity contribution in [3.05, 3.63) is 52.6 Å². The van der Waals surface area contributed by atoms with E-state index in [1.165, 1.54) is 35.3 Å². The van der Waals surface area contributed by atoms with Crippen LogP contribution >= 0.6 is 0 Å². The summed E-state index contributed by atoms with van der Waals surface area (Å²) >= 11 is 0. The number of imidazole rings is 1. The normalized spacial score (nSPS) is 19.5. The van der Waals surface area contributed by atoms with Gasteiger partial charge in [0, 0.05) is 30.1 Å². The molecule has 2 aromatic rings. The van der Waals surface area contributed by atoms with Crippen molar-refractivity contribution < 1.29 is 19.6 Å². The zero-order valence-electron chi connectivity index (χ0n) is 13.2. The average molecular weight is 344 g/mol. The average Bonchev–Trinajstić information content (AvgIpc) is 3.25. The molecule has 2 atom stereocenters. The molecule has 0 aliphatic heterocycles. The summed E-state index contributed by atoms with van der Waals surface area (Å²) in [5, 5.41) is 23.2. The summed E-state index contributed by atoms with van der Waals surface area (Å²) in [7, 11) is 0.